The number of halogens is 4. The van der Waals surface area contributed by atoms with Crippen LogP contribution in [0.3, 0.4) is 0 Å². The van der Waals surface area contributed by atoms with E-state index in [0.717, 1.165) is 21.3 Å². The summed E-state index contributed by atoms with van der Waals surface area (Å²) in [5.41, 5.74) is 2.06. The van der Waals surface area contributed by atoms with Crippen molar-refractivity contribution in [2.45, 2.75) is 4.83 Å². The summed E-state index contributed by atoms with van der Waals surface area (Å²) in [7, 11) is 1.62. The fourth-order valence-corrected chi connectivity index (χ4v) is 3.30. The Labute approximate surface area is 139 Å². The van der Waals surface area contributed by atoms with Gasteiger partial charge in [-0.15, -0.1) is 0 Å². The van der Waals surface area contributed by atoms with Crippen molar-refractivity contribution in [3.05, 3.63) is 62.0 Å². The summed E-state index contributed by atoms with van der Waals surface area (Å²) in [6.07, 6.45) is 0. The molecule has 0 bridgehead atoms. The lowest BCUT2D eigenvalue weighted by Crippen LogP contribution is -1.95. The van der Waals surface area contributed by atoms with Crippen molar-refractivity contribution >= 4 is 55.1 Å². The van der Waals surface area contributed by atoms with E-state index < -0.39 is 0 Å². The molecule has 2 aromatic rings. The number of ether oxygens (including phenoxy) is 1. The zero-order valence-electron chi connectivity index (χ0n) is 9.96. The molecule has 19 heavy (non-hydrogen) atoms. The van der Waals surface area contributed by atoms with Crippen molar-refractivity contribution in [1.29, 1.82) is 0 Å². The van der Waals surface area contributed by atoms with Gasteiger partial charge in [-0.1, -0.05) is 51.3 Å². The van der Waals surface area contributed by atoms with Gasteiger partial charge in [0.1, 0.15) is 5.75 Å². The van der Waals surface area contributed by atoms with Crippen LogP contribution in [0, 0.1) is 0 Å². The van der Waals surface area contributed by atoms with E-state index in [1.165, 1.54) is 0 Å². The summed E-state index contributed by atoms with van der Waals surface area (Å²) >= 11 is 19.4. The summed E-state index contributed by atoms with van der Waals surface area (Å²) in [6.45, 7) is 0. The second-order valence-electron chi connectivity index (χ2n) is 3.92. The Morgan fingerprint density at radius 2 is 1.79 bits per heavy atom. The van der Waals surface area contributed by atoms with Crippen LogP contribution in [0.15, 0.2) is 40.9 Å². The quantitative estimate of drug-likeness (QED) is 0.529. The van der Waals surface area contributed by atoms with E-state index in [1.807, 2.05) is 30.3 Å². The smallest absolute Gasteiger partial charge is 0.120 e. The summed E-state index contributed by atoms with van der Waals surface area (Å²) < 4.78 is 6.01. The molecule has 0 aliphatic rings. The highest BCUT2D eigenvalue weighted by molar-refractivity contribution is 9.10. The molecule has 1 unspecified atom stereocenters. The summed E-state index contributed by atoms with van der Waals surface area (Å²) in [5.74, 6) is 0.741. The molecule has 5 heteroatoms. The lowest BCUT2D eigenvalue weighted by atomic mass is 10.0. The third-order valence-electron chi connectivity index (χ3n) is 2.72. The lowest BCUT2D eigenvalue weighted by Gasteiger charge is -2.14. The maximum atomic E-state index is 6.28. The van der Waals surface area contributed by atoms with Gasteiger partial charge in [0.15, 0.2) is 0 Å². The van der Waals surface area contributed by atoms with E-state index in [1.54, 1.807) is 13.2 Å². The number of hydrogen-bond acceptors (Lipinski definition) is 1. The van der Waals surface area contributed by atoms with Crippen LogP contribution in [0.25, 0.3) is 0 Å². The van der Waals surface area contributed by atoms with Crippen molar-refractivity contribution in [2.24, 2.45) is 0 Å². The normalized spacial score (nSPS) is 12.3. The highest BCUT2D eigenvalue weighted by atomic mass is 79.9. The first-order valence-corrected chi connectivity index (χ1v) is 7.92. The molecule has 2 rings (SSSR count). The SMILES string of the molecule is COc1ccc(C(Br)c2ccc(Cl)c(Br)c2)c(Cl)c1. The van der Waals surface area contributed by atoms with E-state index in [0.29, 0.717) is 10.0 Å². The monoisotopic (exact) mass is 422 g/mol. The second-order valence-corrected chi connectivity index (χ2v) is 6.51. The fraction of sp³-hybridized carbons (Fsp3) is 0.143. The highest BCUT2D eigenvalue weighted by Gasteiger charge is 2.15. The van der Waals surface area contributed by atoms with Crippen LogP contribution in [-0.4, -0.2) is 7.11 Å². The van der Waals surface area contributed by atoms with E-state index in [9.17, 15) is 0 Å². The Kier molecular flexibility index (Phi) is 5.18. The minimum absolute atomic E-state index is 0.000488. The Morgan fingerprint density at radius 1 is 1.05 bits per heavy atom. The van der Waals surface area contributed by atoms with E-state index in [-0.39, 0.29) is 4.83 Å². The predicted molar refractivity (Wildman–Crippen MR) is 87.9 cm³/mol. The summed E-state index contributed by atoms with van der Waals surface area (Å²) in [5, 5.41) is 1.34. The molecule has 1 atom stereocenters. The third kappa shape index (κ3) is 3.46. The van der Waals surface area contributed by atoms with Crippen molar-refractivity contribution in [3.63, 3.8) is 0 Å². The molecule has 0 fully saturated rings. The van der Waals surface area contributed by atoms with Crippen LogP contribution >= 0.6 is 55.1 Å². The average Bonchev–Trinajstić information content (AvgIpc) is 2.41. The van der Waals surface area contributed by atoms with Crippen LogP contribution in [0.5, 0.6) is 5.75 Å². The predicted octanol–water partition coefficient (Wildman–Crippen LogP) is 6.25. The molecule has 0 saturated carbocycles. The number of benzene rings is 2. The van der Waals surface area contributed by atoms with Gasteiger partial charge in [-0.05, 0) is 51.3 Å². The van der Waals surface area contributed by atoms with Gasteiger partial charge in [0.2, 0.25) is 0 Å². The topological polar surface area (TPSA) is 9.23 Å². The number of hydrogen-bond donors (Lipinski definition) is 0. The Balaban J connectivity index is 2.38. The minimum Gasteiger partial charge on any atom is -0.497 e. The Morgan fingerprint density at radius 3 is 2.37 bits per heavy atom. The molecule has 2 aromatic carbocycles. The van der Waals surface area contributed by atoms with Crippen LogP contribution in [-0.2, 0) is 0 Å². The first-order valence-electron chi connectivity index (χ1n) is 5.45. The van der Waals surface area contributed by atoms with Crippen LogP contribution in [0.2, 0.25) is 10.0 Å². The lowest BCUT2D eigenvalue weighted by molar-refractivity contribution is 0.414. The van der Waals surface area contributed by atoms with Gasteiger partial charge in [-0.2, -0.15) is 0 Å². The van der Waals surface area contributed by atoms with Gasteiger partial charge in [0.05, 0.1) is 17.0 Å². The largest absolute Gasteiger partial charge is 0.497 e. The molecule has 0 aromatic heterocycles. The molecule has 0 radical (unpaired) electrons. The van der Waals surface area contributed by atoms with Gasteiger partial charge in [-0.25, -0.2) is 0 Å². The molecule has 0 amide bonds. The number of methoxy groups -OCH3 is 1. The van der Waals surface area contributed by atoms with Crippen molar-refractivity contribution < 1.29 is 4.74 Å². The van der Waals surface area contributed by atoms with Crippen molar-refractivity contribution in [1.82, 2.24) is 0 Å². The summed E-state index contributed by atoms with van der Waals surface area (Å²) in [4.78, 5) is -0.000488. The third-order valence-corrected chi connectivity index (χ3v) is 5.28. The average molecular weight is 425 g/mol. The van der Waals surface area contributed by atoms with Crippen molar-refractivity contribution in [3.8, 4) is 5.75 Å². The van der Waals surface area contributed by atoms with Crippen LogP contribution in [0.1, 0.15) is 16.0 Å². The zero-order valence-corrected chi connectivity index (χ0v) is 14.6. The molecule has 0 saturated heterocycles. The van der Waals surface area contributed by atoms with E-state index in [4.69, 9.17) is 27.9 Å². The highest BCUT2D eigenvalue weighted by Crippen LogP contribution is 2.38. The minimum atomic E-state index is -0.000488. The standard InChI is InChI=1S/C14H10Br2Cl2O/c1-19-9-3-4-10(13(18)7-9)14(16)8-2-5-12(17)11(15)6-8/h2-7,14H,1H3. The fourth-order valence-electron chi connectivity index (χ4n) is 1.69. The van der Waals surface area contributed by atoms with E-state index >= 15 is 0 Å². The van der Waals surface area contributed by atoms with Gasteiger partial charge in [-0.3, -0.25) is 0 Å². The molecule has 0 aliphatic heterocycles. The number of alkyl halides is 1. The van der Waals surface area contributed by atoms with Gasteiger partial charge in [0.25, 0.3) is 0 Å². The Hall–Kier alpha value is -0.220. The second kappa shape index (κ2) is 6.49. The summed E-state index contributed by atoms with van der Waals surface area (Å²) in [6, 6.07) is 11.4. The van der Waals surface area contributed by atoms with Gasteiger partial charge < -0.3 is 4.74 Å². The van der Waals surface area contributed by atoms with Gasteiger partial charge >= 0.3 is 0 Å². The molecule has 100 valence electrons. The van der Waals surface area contributed by atoms with Crippen LogP contribution in [0.4, 0.5) is 0 Å². The molecule has 1 nitrogen and oxygen atoms in total. The maximum Gasteiger partial charge on any atom is 0.120 e. The molecule has 0 aliphatic carbocycles. The van der Waals surface area contributed by atoms with Gasteiger partial charge in [0, 0.05) is 9.50 Å². The zero-order chi connectivity index (χ0) is 14.0. The van der Waals surface area contributed by atoms with Crippen LogP contribution < -0.4 is 4.74 Å². The van der Waals surface area contributed by atoms with E-state index in [2.05, 4.69) is 31.9 Å². The molecule has 0 spiro atoms. The molecule has 0 heterocycles. The first-order chi connectivity index (χ1) is 9.02. The Bertz CT molecular complexity index is 602. The molecular weight excluding hydrogens is 415 g/mol. The molecule has 0 N–H and O–H groups in total. The van der Waals surface area contributed by atoms with Crippen molar-refractivity contribution in [2.75, 3.05) is 7.11 Å². The first kappa shape index (κ1) is 15.2. The molecular formula is C14H10Br2Cl2O. The maximum absolute atomic E-state index is 6.28. The number of rotatable bonds is 3.